The molecule has 0 aromatic carbocycles. The molecular formula is C12H24N2. The SMILES string of the molecule is CC(N)C1CCN(CC2CCC2)CC1. The maximum Gasteiger partial charge on any atom is 0.00397 e. The molecule has 2 aliphatic rings. The van der Waals surface area contributed by atoms with Crippen LogP contribution < -0.4 is 5.73 Å². The van der Waals surface area contributed by atoms with Crippen LogP contribution in [0.2, 0.25) is 0 Å². The Hall–Kier alpha value is -0.0800. The fourth-order valence-electron chi connectivity index (χ4n) is 2.70. The van der Waals surface area contributed by atoms with Gasteiger partial charge in [-0.3, -0.25) is 0 Å². The van der Waals surface area contributed by atoms with E-state index in [0.717, 1.165) is 11.8 Å². The van der Waals surface area contributed by atoms with Crippen molar-refractivity contribution in [1.82, 2.24) is 4.90 Å². The van der Waals surface area contributed by atoms with Crippen LogP contribution in [0.25, 0.3) is 0 Å². The molecule has 0 radical (unpaired) electrons. The second kappa shape index (κ2) is 4.63. The molecule has 0 spiro atoms. The Morgan fingerprint density at radius 1 is 1.21 bits per heavy atom. The second-order valence-electron chi connectivity index (χ2n) is 5.29. The molecule has 2 N–H and O–H groups in total. The average Bonchev–Trinajstić information content (AvgIpc) is 2.12. The van der Waals surface area contributed by atoms with E-state index in [1.165, 1.54) is 51.7 Å². The summed E-state index contributed by atoms with van der Waals surface area (Å²) in [4.78, 5) is 2.66. The summed E-state index contributed by atoms with van der Waals surface area (Å²) in [5.41, 5.74) is 5.93. The normalized spacial score (nSPS) is 28.7. The lowest BCUT2D eigenvalue weighted by molar-refractivity contribution is 0.125. The van der Waals surface area contributed by atoms with E-state index in [-0.39, 0.29) is 0 Å². The molecule has 14 heavy (non-hydrogen) atoms. The zero-order valence-electron chi connectivity index (χ0n) is 9.41. The van der Waals surface area contributed by atoms with E-state index in [1.807, 2.05) is 0 Å². The van der Waals surface area contributed by atoms with Gasteiger partial charge in [0.15, 0.2) is 0 Å². The Kier molecular flexibility index (Phi) is 3.45. The van der Waals surface area contributed by atoms with Gasteiger partial charge in [0.1, 0.15) is 0 Å². The van der Waals surface area contributed by atoms with Gasteiger partial charge in [0.2, 0.25) is 0 Å². The van der Waals surface area contributed by atoms with Crippen molar-refractivity contribution >= 4 is 0 Å². The van der Waals surface area contributed by atoms with Crippen LogP contribution in [0.3, 0.4) is 0 Å². The first-order chi connectivity index (χ1) is 6.75. The third kappa shape index (κ3) is 2.48. The van der Waals surface area contributed by atoms with Crippen molar-refractivity contribution in [3.05, 3.63) is 0 Å². The summed E-state index contributed by atoms with van der Waals surface area (Å²) in [6, 6.07) is 0.404. The van der Waals surface area contributed by atoms with Crippen LogP contribution in [0.5, 0.6) is 0 Å². The van der Waals surface area contributed by atoms with E-state index in [9.17, 15) is 0 Å². The lowest BCUT2D eigenvalue weighted by Crippen LogP contribution is -2.42. The van der Waals surface area contributed by atoms with Gasteiger partial charge < -0.3 is 10.6 Å². The number of nitrogens with zero attached hydrogens (tertiary/aromatic N) is 1. The molecule has 1 saturated carbocycles. The minimum absolute atomic E-state index is 0.404. The summed E-state index contributed by atoms with van der Waals surface area (Å²) in [5.74, 6) is 1.81. The van der Waals surface area contributed by atoms with Gasteiger partial charge in [-0.2, -0.15) is 0 Å². The minimum Gasteiger partial charge on any atom is -0.328 e. The maximum atomic E-state index is 5.93. The number of hydrogen-bond donors (Lipinski definition) is 1. The van der Waals surface area contributed by atoms with Crippen molar-refractivity contribution < 1.29 is 0 Å². The zero-order valence-corrected chi connectivity index (χ0v) is 9.41. The number of nitrogens with two attached hydrogens (primary N) is 1. The Bertz CT molecular complexity index is 167. The largest absolute Gasteiger partial charge is 0.328 e. The second-order valence-corrected chi connectivity index (χ2v) is 5.29. The molecule has 82 valence electrons. The Morgan fingerprint density at radius 3 is 2.29 bits per heavy atom. The molecule has 1 aliphatic heterocycles. The monoisotopic (exact) mass is 196 g/mol. The van der Waals surface area contributed by atoms with Crippen LogP contribution in [0.4, 0.5) is 0 Å². The lowest BCUT2D eigenvalue weighted by atomic mass is 9.84. The molecule has 1 saturated heterocycles. The van der Waals surface area contributed by atoms with Gasteiger partial charge in [0.05, 0.1) is 0 Å². The third-order valence-electron chi connectivity index (χ3n) is 4.12. The van der Waals surface area contributed by atoms with Crippen molar-refractivity contribution in [2.75, 3.05) is 19.6 Å². The van der Waals surface area contributed by atoms with Crippen LogP contribution in [0.1, 0.15) is 39.0 Å². The van der Waals surface area contributed by atoms with Gasteiger partial charge >= 0.3 is 0 Å². The van der Waals surface area contributed by atoms with E-state index >= 15 is 0 Å². The van der Waals surface area contributed by atoms with Gasteiger partial charge in [0, 0.05) is 12.6 Å². The van der Waals surface area contributed by atoms with Crippen LogP contribution in [-0.4, -0.2) is 30.6 Å². The van der Waals surface area contributed by atoms with Crippen LogP contribution in [-0.2, 0) is 0 Å². The summed E-state index contributed by atoms with van der Waals surface area (Å²) < 4.78 is 0. The molecule has 1 aliphatic carbocycles. The fraction of sp³-hybridized carbons (Fsp3) is 1.00. The minimum atomic E-state index is 0.404. The smallest absolute Gasteiger partial charge is 0.00397 e. The zero-order chi connectivity index (χ0) is 9.97. The quantitative estimate of drug-likeness (QED) is 0.746. The van der Waals surface area contributed by atoms with Crippen molar-refractivity contribution in [3.8, 4) is 0 Å². The van der Waals surface area contributed by atoms with Crippen molar-refractivity contribution in [2.24, 2.45) is 17.6 Å². The highest BCUT2D eigenvalue weighted by Gasteiger charge is 2.25. The Morgan fingerprint density at radius 2 is 1.86 bits per heavy atom. The molecular weight excluding hydrogens is 172 g/mol. The summed E-state index contributed by atoms with van der Waals surface area (Å²) in [7, 11) is 0. The van der Waals surface area contributed by atoms with Crippen LogP contribution in [0, 0.1) is 11.8 Å². The molecule has 1 heterocycles. The average molecular weight is 196 g/mol. The van der Waals surface area contributed by atoms with Gasteiger partial charge in [-0.15, -0.1) is 0 Å². The summed E-state index contributed by atoms with van der Waals surface area (Å²) in [6.45, 7) is 6.11. The van der Waals surface area contributed by atoms with Crippen LogP contribution >= 0.6 is 0 Å². The Labute approximate surface area is 87.8 Å². The molecule has 2 heteroatoms. The molecule has 2 rings (SSSR count). The van der Waals surface area contributed by atoms with Crippen LogP contribution in [0.15, 0.2) is 0 Å². The molecule has 0 aromatic heterocycles. The van der Waals surface area contributed by atoms with E-state index in [0.29, 0.717) is 6.04 Å². The van der Waals surface area contributed by atoms with Gasteiger partial charge in [-0.25, -0.2) is 0 Å². The van der Waals surface area contributed by atoms with Crippen molar-refractivity contribution in [1.29, 1.82) is 0 Å². The first kappa shape index (κ1) is 10.4. The first-order valence-corrected chi connectivity index (χ1v) is 6.23. The number of likely N-dealkylation sites (tertiary alicyclic amines) is 1. The highest BCUT2D eigenvalue weighted by molar-refractivity contribution is 4.80. The predicted molar refractivity (Wildman–Crippen MR) is 60.2 cm³/mol. The van der Waals surface area contributed by atoms with Gasteiger partial charge in [0.25, 0.3) is 0 Å². The third-order valence-corrected chi connectivity index (χ3v) is 4.12. The molecule has 1 unspecified atom stereocenters. The summed E-state index contributed by atoms with van der Waals surface area (Å²) in [5, 5.41) is 0. The molecule has 1 atom stereocenters. The summed E-state index contributed by atoms with van der Waals surface area (Å²) >= 11 is 0. The molecule has 0 aromatic rings. The molecule has 0 bridgehead atoms. The van der Waals surface area contributed by atoms with Gasteiger partial charge in [-0.1, -0.05) is 6.42 Å². The predicted octanol–water partition coefficient (Wildman–Crippen LogP) is 1.85. The molecule has 2 fully saturated rings. The van der Waals surface area contributed by atoms with Crippen molar-refractivity contribution in [3.63, 3.8) is 0 Å². The molecule has 0 amide bonds. The highest BCUT2D eigenvalue weighted by atomic mass is 15.1. The van der Waals surface area contributed by atoms with E-state index in [4.69, 9.17) is 5.73 Å². The number of hydrogen-bond acceptors (Lipinski definition) is 2. The number of rotatable bonds is 3. The highest BCUT2D eigenvalue weighted by Crippen LogP contribution is 2.29. The maximum absolute atomic E-state index is 5.93. The fourth-order valence-corrected chi connectivity index (χ4v) is 2.70. The van der Waals surface area contributed by atoms with Gasteiger partial charge in [-0.05, 0) is 57.5 Å². The summed E-state index contributed by atoms with van der Waals surface area (Å²) in [6.07, 6.45) is 7.08. The lowest BCUT2D eigenvalue weighted by Gasteiger charge is -2.37. The first-order valence-electron chi connectivity index (χ1n) is 6.23. The van der Waals surface area contributed by atoms with Crippen molar-refractivity contribution in [2.45, 2.75) is 45.1 Å². The van der Waals surface area contributed by atoms with E-state index < -0.39 is 0 Å². The standard InChI is InChI=1S/C12H24N2/c1-10(13)12-5-7-14(8-6-12)9-11-3-2-4-11/h10-12H,2-9,13H2,1H3. The van der Waals surface area contributed by atoms with E-state index in [2.05, 4.69) is 11.8 Å². The number of piperidine rings is 1. The molecule has 2 nitrogen and oxygen atoms in total. The topological polar surface area (TPSA) is 29.3 Å². The van der Waals surface area contributed by atoms with E-state index in [1.54, 1.807) is 0 Å². The Balaban J connectivity index is 1.67.